The van der Waals surface area contributed by atoms with E-state index >= 15 is 0 Å². The van der Waals surface area contributed by atoms with Crippen LogP contribution in [0.2, 0.25) is 18.1 Å². The number of hydrogen-bond acceptors (Lipinski definition) is 7. The van der Waals surface area contributed by atoms with Crippen molar-refractivity contribution in [2.75, 3.05) is 13.7 Å². The summed E-state index contributed by atoms with van der Waals surface area (Å²) in [4.78, 5) is 11.7. The molecule has 2 N–H and O–H groups in total. The lowest BCUT2D eigenvalue weighted by Gasteiger charge is -2.45. The summed E-state index contributed by atoms with van der Waals surface area (Å²) in [7, 11) is -0.439. The zero-order valence-corrected chi connectivity index (χ0v) is 19.6. The molecule has 164 valence electrons. The molecule has 1 fully saturated rings. The van der Waals surface area contributed by atoms with Crippen LogP contribution in [0, 0.1) is 0 Å². The molecule has 1 aliphatic rings. The zero-order chi connectivity index (χ0) is 21.8. The van der Waals surface area contributed by atoms with E-state index in [2.05, 4.69) is 33.9 Å². The normalized spacial score (nSPS) is 25.5. The molecule has 1 heterocycles. The number of nitrogens with two attached hydrogens (primary N) is 1. The molecule has 0 bridgehead atoms. The standard InChI is InChI=1S/C21H35NO6Si/c1-14(23)27-19-18(22)17(28-29(6,7)21(2,3)4)13-26-20(19)25-12-15-8-10-16(24-5)11-9-15/h8-11,17-20H,12-13,22H2,1-7H3/t17?,18-,19+,20?/m0/s1. The number of rotatable bonds is 7. The fourth-order valence-electron chi connectivity index (χ4n) is 2.83. The van der Waals surface area contributed by atoms with E-state index < -0.39 is 32.7 Å². The Kier molecular flexibility index (Phi) is 7.86. The molecule has 1 aromatic carbocycles. The average molecular weight is 426 g/mol. The van der Waals surface area contributed by atoms with Crippen molar-refractivity contribution < 1.29 is 28.2 Å². The average Bonchev–Trinajstić information content (AvgIpc) is 2.63. The Morgan fingerprint density at radius 2 is 1.86 bits per heavy atom. The van der Waals surface area contributed by atoms with Crippen LogP contribution in [-0.4, -0.2) is 52.5 Å². The van der Waals surface area contributed by atoms with E-state index in [4.69, 9.17) is 29.1 Å². The first-order valence-corrected chi connectivity index (χ1v) is 12.8. The fourth-order valence-corrected chi connectivity index (χ4v) is 4.16. The maximum absolute atomic E-state index is 11.7. The topological polar surface area (TPSA) is 89.2 Å². The van der Waals surface area contributed by atoms with Gasteiger partial charge in [0.05, 0.1) is 32.5 Å². The Hall–Kier alpha value is -1.45. The zero-order valence-electron chi connectivity index (χ0n) is 18.6. The van der Waals surface area contributed by atoms with Crippen LogP contribution >= 0.6 is 0 Å². The van der Waals surface area contributed by atoms with E-state index in [0.717, 1.165) is 11.3 Å². The van der Waals surface area contributed by atoms with Crippen molar-refractivity contribution in [2.24, 2.45) is 5.73 Å². The maximum atomic E-state index is 11.7. The third-order valence-corrected chi connectivity index (χ3v) is 10.1. The second kappa shape index (κ2) is 9.57. The molecule has 2 unspecified atom stereocenters. The number of ether oxygens (including phenoxy) is 4. The summed E-state index contributed by atoms with van der Waals surface area (Å²) in [6, 6.07) is 7.00. The van der Waals surface area contributed by atoms with E-state index in [9.17, 15) is 4.79 Å². The van der Waals surface area contributed by atoms with Crippen LogP contribution < -0.4 is 10.5 Å². The van der Waals surface area contributed by atoms with Crippen molar-refractivity contribution in [3.05, 3.63) is 29.8 Å². The minimum absolute atomic E-state index is 0.0331. The molecule has 0 radical (unpaired) electrons. The Labute approximate surface area is 174 Å². The molecule has 0 saturated carbocycles. The first kappa shape index (κ1) is 23.8. The fraction of sp³-hybridized carbons (Fsp3) is 0.667. The number of hydrogen-bond donors (Lipinski definition) is 1. The van der Waals surface area contributed by atoms with Crippen LogP contribution in [-0.2, 0) is 30.0 Å². The van der Waals surface area contributed by atoms with E-state index in [-0.39, 0.29) is 11.1 Å². The Morgan fingerprint density at radius 3 is 2.38 bits per heavy atom. The van der Waals surface area contributed by atoms with Crippen LogP contribution in [0.3, 0.4) is 0 Å². The molecule has 1 aromatic rings. The van der Waals surface area contributed by atoms with E-state index in [1.165, 1.54) is 6.92 Å². The molecule has 0 spiro atoms. The summed E-state index contributed by atoms with van der Waals surface area (Å²) in [5.41, 5.74) is 7.41. The van der Waals surface area contributed by atoms with Gasteiger partial charge in [-0.2, -0.15) is 0 Å². The molecule has 2 rings (SSSR count). The maximum Gasteiger partial charge on any atom is 0.303 e. The van der Waals surface area contributed by atoms with Crippen molar-refractivity contribution >= 4 is 14.3 Å². The van der Waals surface area contributed by atoms with Gasteiger partial charge in [0, 0.05) is 6.92 Å². The molecular formula is C21H35NO6Si. The molecule has 7 nitrogen and oxygen atoms in total. The smallest absolute Gasteiger partial charge is 0.303 e. The van der Waals surface area contributed by atoms with Crippen LogP contribution in [0.4, 0.5) is 0 Å². The molecule has 4 atom stereocenters. The third kappa shape index (κ3) is 6.26. The number of carbonyl (C=O) groups excluding carboxylic acids is 1. The monoisotopic (exact) mass is 425 g/mol. The molecule has 0 aromatic heterocycles. The van der Waals surface area contributed by atoms with Crippen LogP contribution in [0.1, 0.15) is 33.3 Å². The SMILES string of the molecule is COc1ccc(COC2OCC(O[Si](C)(C)C(C)(C)C)[C@H](N)[C@H]2OC(C)=O)cc1. The first-order chi connectivity index (χ1) is 13.4. The van der Waals surface area contributed by atoms with Crippen molar-refractivity contribution in [3.8, 4) is 5.75 Å². The highest BCUT2D eigenvalue weighted by Crippen LogP contribution is 2.38. The summed E-state index contributed by atoms with van der Waals surface area (Å²) in [5, 5.41) is 0.0331. The lowest BCUT2D eigenvalue weighted by Crippen LogP contribution is -2.62. The predicted molar refractivity (Wildman–Crippen MR) is 113 cm³/mol. The minimum atomic E-state index is -2.06. The molecule has 1 aliphatic heterocycles. The van der Waals surface area contributed by atoms with Gasteiger partial charge in [0.2, 0.25) is 0 Å². The summed E-state index contributed by atoms with van der Waals surface area (Å²) in [5.74, 6) is 0.341. The summed E-state index contributed by atoms with van der Waals surface area (Å²) >= 11 is 0. The number of esters is 1. The molecule has 1 saturated heterocycles. The number of carbonyl (C=O) groups is 1. The van der Waals surface area contributed by atoms with Gasteiger partial charge in [0.1, 0.15) is 5.75 Å². The van der Waals surface area contributed by atoms with Gasteiger partial charge in [0.25, 0.3) is 0 Å². The molecular weight excluding hydrogens is 390 g/mol. The van der Waals surface area contributed by atoms with Gasteiger partial charge in [0.15, 0.2) is 20.7 Å². The highest BCUT2D eigenvalue weighted by Gasteiger charge is 2.46. The molecule has 0 amide bonds. The highest BCUT2D eigenvalue weighted by molar-refractivity contribution is 6.74. The second-order valence-electron chi connectivity index (χ2n) is 8.93. The van der Waals surface area contributed by atoms with Gasteiger partial charge in [-0.25, -0.2) is 0 Å². The van der Waals surface area contributed by atoms with Crippen molar-refractivity contribution in [2.45, 2.75) is 77.0 Å². The van der Waals surface area contributed by atoms with Crippen molar-refractivity contribution in [1.82, 2.24) is 0 Å². The molecule has 8 heteroatoms. The quantitative estimate of drug-likeness (QED) is 0.530. The van der Waals surface area contributed by atoms with Gasteiger partial charge in [-0.05, 0) is 35.8 Å². The van der Waals surface area contributed by atoms with Gasteiger partial charge < -0.3 is 29.1 Å². The van der Waals surface area contributed by atoms with E-state index in [1.807, 2.05) is 24.3 Å². The van der Waals surface area contributed by atoms with Crippen LogP contribution in [0.5, 0.6) is 5.75 Å². The Morgan fingerprint density at radius 1 is 1.24 bits per heavy atom. The van der Waals surface area contributed by atoms with E-state index in [0.29, 0.717) is 13.2 Å². The van der Waals surface area contributed by atoms with E-state index in [1.54, 1.807) is 7.11 Å². The van der Waals surface area contributed by atoms with Crippen molar-refractivity contribution in [1.29, 1.82) is 0 Å². The Balaban J connectivity index is 2.07. The minimum Gasteiger partial charge on any atom is -0.497 e. The predicted octanol–water partition coefficient (Wildman–Crippen LogP) is 3.22. The van der Waals surface area contributed by atoms with Crippen molar-refractivity contribution in [3.63, 3.8) is 0 Å². The summed E-state index contributed by atoms with van der Waals surface area (Å²) in [6.07, 6.45) is -1.86. The summed E-state index contributed by atoms with van der Waals surface area (Å²) < 4.78 is 28.9. The summed E-state index contributed by atoms with van der Waals surface area (Å²) in [6.45, 7) is 12.8. The second-order valence-corrected chi connectivity index (χ2v) is 13.7. The largest absolute Gasteiger partial charge is 0.497 e. The van der Waals surface area contributed by atoms with Gasteiger partial charge >= 0.3 is 5.97 Å². The van der Waals surface area contributed by atoms with Gasteiger partial charge in [-0.1, -0.05) is 32.9 Å². The third-order valence-electron chi connectivity index (χ3n) is 5.63. The lowest BCUT2D eigenvalue weighted by atomic mass is 10.0. The number of benzene rings is 1. The highest BCUT2D eigenvalue weighted by atomic mass is 28.4. The van der Waals surface area contributed by atoms with Crippen LogP contribution in [0.25, 0.3) is 0 Å². The first-order valence-electron chi connectivity index (χ1n) is 9.91. The van der Waals surface area contributed by atoms with Gasteiger partial charge in [-0.3, -0.25) is 4.79 Å². The lowest BCUT2D eigenvalue weighted by molar-refractivity contribution is -0.251. The molecule has 0 aliphatic carbocycles. The molecule has 29 heavy (non-hydrogen) atoms. The van der Waals surface area contributed by atoms with Crippen LogP contribution in [0.15, 0.2) is 24.3 Å². The van der Waals surface area contributed by atoms with Gasteiger partial charge in [-0.15, -0.1) is 0 Å². The Bertz CT molecular complexity index is 673. The number of methoxy groups -OCH3 is 1.